The Bertz CT molecular complexity index is 618. The summed E-state index contributed by atoms with van der Waals surface area (Å²) >= 11 is 1.92. The molecule has 2 saturated heterocycles. The van der Waals surface area contributed by atoms with Gasteiger partial charge in [-0.15, -0.1) is 0 Å². The van der Waals surface area contributed by atoms with Crippen molar-refractivity contribution in [2.75, 3.05) is 11.1 Å². The number of anilines is 1. The topological polar surface area (TPSA) is 70.2 Å². The molecule has 2 aliphatic rings. The standard InChI is InChI=1S/C19H27N3O2S/c1-12(2)13-7-9-14(10-8-13)20-17(23)6-4-3-5-16-18-15(11-25-16)21-19(24)22-18/h7-10,12,15-16,18H,3-6,11H2,1-2H3,(H,20,23)(H2,21,22,24). The average molecular weight is 362 g/mol. The van der Waals surface area contributed by atoms with Gasteiger partial charge in [-0.1, -0.05) is 32.4 Å². The van der Waals surface area contributed by atoms with Crippen LogP contribution in [0.15, 0.2) is 24.3 Å². The average Bonchev–Trinajstić information content (AvgIpc) is 3.11. The molecule has 0 aromatic heterocycles. The van der Waals surface area contributed by atoms with E-state index in [0.717, 1.165) is 30.7 Å². The van der Waals surface area contributed by atoms with Crippen LogP contribution in [0.5, 0.6) is 0 Å². The number of benzene rings is 1. The molecule has 0 spiro atoms. The quantitative estimate of drug-likeness (QED) is 0.514. The fourth-order valence-electron chi connectivity index (χ4n) is 3.45. The molecular formula is C19H27N3O2S. The van der Waals surface area contributed by atoms with E-state index >= 15 is 0 Å². The molecule has 3 unspecified atom stereocenters. The summed E-state index contributed by atoms with van der Waals surface area (Å²) in [6.07, 6.45) is 3.48. The van der Waals surface area contributed by atoms with Crippen molar-refractivity contribution < 1.29 is 9.59 Å². The van der Waals surface area contributed by atoms with Crippen LogP contribution in [-0.4, -0.2) is 35.0 Å². The van der Waals surface area contributed by atoms with E-state index in [-0.39, 0.29) is 24.0 Å². The molecule has 3 N–H and O–H groups in total. The molecule has 0 saturated carbocycles. The maximum Gasteiger partial charge on any atom is 0.315 e. The Hall–Kier alpha value is -1.69. The fourth-order valence-corrected chi connectivity index (χ4v) is 4.99. The number of fused-ring (bicyclic) bond motifs is 1. The minimum atomic E-state index is -0.0387. The zero-order valence-electron chi connectivity index (χ0n) is 14.9. The number of thioether (sulfide) groups is 1. The summed E-state index contributed by atoms with van der Waals surface area (Å²) in [6.45, 7) is 4.32. The number of urea groups is 1. The predicted molar refractivity (Wildman–Crippen MR) is 103 cm³/mol. The van der Waals surface area contributed by atoms with Gasteiger partial charge in [0.25, 0.3) is 0 Å². The summed E-state index contributed by atoms with van der Waals surface area (Å²) in [7, 11) is 0. The van der Waals surface area contributed by atoms with Crippen molar-refractivity contribution in [1.29, 1.82) is 0 Å². The number of unbranched alkanes of at least 4 members (excludes halogenated alkanes) is 1. The summed E-state index contributed by atoms with van der Waals surface area (Å²) in [5.74, 6) is 1.56. The van der Waals surface area contributed by atoms with Crippen LogP contribution >= 0.6 is 11.8 Å². The molecule has 136 valence electrons. The van der Waals surface area contributed by atoms with Gasteiger partial charge in [0.1, 0.15) is 0 Å². The highest BCUT2D eigenvalue weighted by Crippen LogP contribution is 2.33. The van der Waals surface area contributed by atoms with Crippen LogP contribution in [0.2, 0.25) is 0 Å². The molecule has 2 heterocycles. The first-order chi connectivity index (χ1) is 12.0. The molecule has 0 radical (unpaired) electrons. The van der Waals surface area contributed by atoms with Crippen LogP contribution in [0.3, 0.4) is 0 Å². The normalized spacial score (nSPS) is 24.8. The van der Waals surface area contributed by atoms with Crippen molar-refractivity contribution in [2.45, 2.75) is 62.8 Å². The van der Waals surface area contributed by atoms with E-state index < -0.39 is 0 Å². The molecule has 5 nitrogen and oxygen atoms in total. The lowest BCUT2D eigenvalue weighted by Gasteiger charge is -2.16. The first kappa shape index (κ1) is 18.1. The van der Waals surface area contributed by atoms with E-state index in [0.29, 0.717) is 17.6 Å². The van der Waals surface area contributed by atoms with Crippen molar-refractivity contribution in [3.8, 4) is 0 Å². The number of nitrogens with one attached hydrogen (secondary N) is 3. The Balaban J connectivity index is 1.35. The Kier molecular flexibility index (Phi) is 5.89. The Labute approximate surface area is 153 Å². The monoisotopic (exact) mass is 361 g/mol. The molecule has 3 atom stereocenters. The largest absolute Gasteiger partial charge is 0.332 e. The number of carbonyl (C=O) groups excluding carboxylic acids is 2. The fraction of sp³-hybridized carbons (Fsp3) is 0.579. The Morgan fingerprint density at radius 3 is 2.72 bits per heavy atom. The van der Waals surface area contributed by atoms with E-state index in [2.05, 4.69) is 41.9 Å². The van der Waals surface area contributed by atoms with Crippen LogP contribution < -0.4 is 16.0 Å². The molecule has 25 heavy (non-hydrogen) atoms. The van der Waals surface area contributed by atoms with E-state index in [1.54, 1.807) is 0 Å². The molecular weight excluding hydrogens is 334 g/mol. The Morgan fingerprint density at radius 1 is 1.24 bits per heavy atom. The molecule has 1 aromatic rings. The van der Waals surface area contributed by atoms with Gasteiger partial charge in [-0.3, -0.25) is 4.79 Å². The van der Waals surface area contributed by atoms with Crippen molar-refractivity contribution in [2.24, 2.45) is 0 Å². The summed E-state index contributed by atoms with van der Waals surface area (Å²) in [5.41, 5.74) is 2.14. The zero-order chi connectivity index (χ0) is 17.8. The maximum atomic E-state index is 12.1. The minimum Gasteiger partial charge on any atom is -0.332 e. The summed E-state index contributed by atoms with van der Waals surface area (Å²) in [6, 6.07) is 8.57. The predicted octanol–water partition coefficient (Wildman–Crippen LogP) is 3.47. The van der Waals surface area contributed by atoms with E-state index in [9.17, 15) is 9.59 Å². The van der Waals surface area contributed by atoms with Gasteiger partial charge in [-0.05, 0) is 36.5 Å². The van der Waals surface area contributed by atoms with E-state index in [1.807, 2.05) is 23.9 Å². The van der Waals surface area contributed by atoms with Gasteiger partial charge in [-0.25, -0.2) is 4.79 Å². The molecule has 6 heteroatoms. The lowest BCUT2D eigenvalue weighted by atomic mass is 10.0. The zero-order valence-corrected chi connectivity index (χ0v) is 15.7. The molecule has 2 fully saturated rings. The molecule has 0 aliphatic carbocycles. The van der Waals surface area contributed by atoms with E-state index in [1.165, 1.54) is 5.56 Å². The van der Waals surface area contributed by atoms with Crippen LogP contribution in [0, 0.1) is 0 Å². The molecule has 2 aliphatic heterocycles. The van der Waals surface area contributed by atoms with Crippen LogP contribution in [0.1, 0.15) is 51.0 Å². The van der Waals surface area contributed by atoms with Gasteiger partial charge in [-0.2, -0.15) is 11.8 Å². The molecule has 1 aromatic carbocycles. The third-order valence-corrected chi connectivity index (χ3v) is 6.45. The van der Waals surface area contributed by atoms with Crippen LogP contribution in [-0.2, 0) is 4.79 Å². The van der Waals surface area contributed by atoms with Crippen LogP contribution in [0.25, 0.3) is 0 Å². The van der Waals surface area contributed by atoms with Crippen molar-refractivity contribution in [3.05, 3.63) is 29.8 Å². The summed E-state index contributed by atoms with van der Waals surface area (Å²) < 4.78 is 0. The molecule has 3 amide bonds. The van der Waals surface area contributed by atoms with Crippen LogP contribution in [0.4, 0.5) is 10.5 Å². The summed E-state index contributed by atoms with van der Waals surface area (Å²) in [5, 5.41) is 9.40. The first-order valence-corrected chi connectivity index (χ1v) is 10.2. The van der Waals surface area contributed by atoms with Gasteiger partial charge >= 0.3 is 6.03 Å². The highest BCUT2D eigenvalue weighted by molar-refractivity contribution is 8.00. The van der Waals surface area contributed by atoms with Gasteiger partial charge in [0.15, 0.2) is 0 Å². The second-order valence-electron chi connectivity index (χ2n) is 7.19. The SMILES string of the molecule is CC(C)c1ccc(NC(=O)CCCCC2SCC3NC(=O)NC32)cc1. The van der Waals surface area contributed by atoms with Gasteiger partial charge in [0.2, 0.25) is 5.91 Å². The van der Waals surface area contributed by atoms with Gasteiger partial charge in [0.05, 0.1) is 12.1 Å². The lowest BCUT2D eigenvalue weighted by molar-refractivity contribution is -0.116. The number of amides is 3. The molecule has 0 bridgehead atoms. The number of hydrogen-bond donors (Lipinski definition) is 3. The maximum absolute atomic E-state index is 12.1. The minimum absolute atomic E-state index is 0.0387. The number of rotatable bonds is 7. The van der Waals surface area contributed by atoms with Crippen molar-refractivity contribution >= 4 is 29.4 Å². The Morgan fingerprint density at radius 2 is 2.00 bits per heavy atom. The number of carbonyl (C=O) groups is 2. The van der Waals surface area contributed by atoms with Gasteiger partial charge < -0.3 is 16.0 Å². The van der Waals surface area contributed by atoms with Crippen molar-refractivity contribution in [3.63, 3.8) is 0 Å². The lowest BCUT2D eigenvalue weighted by Crippen LogP contribution is -2.36. The smallest absolute Gasteiger partial charge is 0.315 e. The molecule has 3 rings (SSSR count). The third kappa shape index (κ3) is 4.69. The number of hydrogen-bond acceptors (Lipinski definition) is 3. The van der Waals surface area contributed by atoms with E-state index in [4.69, 9.17) is 0 Å². The first-order valence-electron chi connectivity index (χ1n) is 9.11. The second-order valence-corrected chi connectivity index (χ2v) is 8.46. The third-order valence-electron chi connectivity index (χ3n) is 4.94. The highest BCUT2D eigenvalue weighted by Gasteiger charge is 2.42. The highest BCUT2D eigenvalue weighted by atomic mass is 32.2. The second kappa shape index (κ2) is 8.13. The van der Waals surface area contributed by atoms with Gasteiger partial charge in [0, 0.05) is 23.1 Å². The van der Waals surface area contributed by atoms with Crippen molar-refractivity contribution in [1.82, 2.24) is 10.6 Å². The summed E-state index contributed by atoms with van der Waals surface area (Å²) in [4.78, 5) is 23.4.